The summed E-state index contributed by atoms with van der Waals surface area (Å²) in [7, 11) is 0. The maximum Gasteiger partial charge on any atom is 0.0455 e. The Morgan fingerprint density at radius 1 is 0.353 bits per heavy atom. The second-order valence-electron chi connectivity index (χ2n) is 8.58. The van der Waals surface area contributed by atoms with Gasteiger partial charge < -0.3 is 0 Å². The van der Waals surface area contributed by atoms with E-state index in [9.17, 15) is 0 Å². The van der Waals surface area contributed by atoms with E-state index in [4.69, 9.17) is 0 Å². The molecule has 0 unspecified atom stereocenters. The highest BCUT2D eigenvalue weighted by molar-refractivity contribution is 7.30. The second kappa shape index (κ2) is 7.24. The fourth-order valence-electron chi connectivity index (χ4n) is 4.85. The average molecular weight is 505 g/mol. The van der Waals surface area contributed by atoms with Gasteiger partial charge in [0, 0.05) is 49.1 Å². The number of hydrogen-bond acceptors (Lipinski definition) is 4. The van der Waals surface area contributed by atoms with Gasteiger partial charge in [0.15, 0.2) is 0 Å². The van der Waals surface area contributed by atoms with Crippen molar-refractivity contribution in [3.05, 3.63) is 97.1 Å². The van der Waals surface area contributed by atoms with Gasteiger partial charge >= 0.3 is 0 Å². The molecule has 0 amide bonds. The summed E-state index contributed by atoms with van der Waals surface area (Å²) in [5.74, 6) is 0. The van der Waals surface area contributed by atoms with Crippen molar-refractivity contribution in [1.29, 1.82) is 0 Å². The normalized spacial score (nSPS) is 12.1. The van der Waals surface area contributed by atoms with Gasteiger partial charge in [-0.3, -0.25) is 0 Å². The minimum atomic E-state index is 1.33. The lowest BCUT2D eigenvalue weighted by Crippen LogP contribution is -1.72. The van der Waals surface area contributed by atoms with E-state index in [1.165, 1.54) is 70.6 Å². The van der Waals surface area contributed by atoms with Crippen molar-refractivity contribution >= 4 is 96.5 Å². The van der Waals surface area contributed by atoms with Crippen LogP contribution in [-0.2, 0) is 0 Å². The van der Waals surface area contributed by atoms with E-state index in [1.807, 2.05) is 45.3 Å². The lowest BCUT2D eigenvalue weighted by molar-refractivity contribution is 1.85. The molecule has 0 aliphatic rings. The van der Waals surface area contributed by atoms with Crippen LogP contribution < -0.4 is 0 Å². The quantitative estimate of drug-likeness (QED) is 0.220. The van der Waals surface area contributed by atoms with Gasteiger partial charge in [-0.05, 0) is 57.9 Å². The van der Waals surface area contributed by atoms with Crippen LogP contribution >= 0.6 is 45.3 Å². The summed E-state index contributed by atoms with van der Waals surface area (Å²) in [6, 6.07) is 36.0. The molecule has 4 heterocycles. The largest absolute Gasteiger partial charge is 0.134 e. The Bertz CT molecular complexity index is 1810. The Kier molecular flexibility index (Phi) is 4.11. The molecule has 0 aliphatic carbocycles. The molecule has 0 atom stereocenters. The molecule has 0 nitrogen and oxygen atoms in total. The summed E-state index contributed by atoms with van der Waals surface area (Å²) < 4.78 is 5.50. The van der Waals surface area contributed by atoms with Crippen molar-refractivity contribution in [2.75, 3.05) is 0 Å². The monoisotopic (exact) mass is 504 g/mol. The van der Waals surface area contributed by atoms with Crippen LogP contribution in [0.4, 0.5) is 0 Å². The summed E-state index contributed by atoms with van der Waals surface area (Å²) >= 11 is 7.63. The van der Waals surface area contributed by atoms with E-state index in [1.54, 1.807) is 0 Å². The maximum absolute atomic E-state index is 2.37. The molecule has 0 fully saturated rings. The topological polar surface area (TPSA) is 0 Å². The number of thiophene rings is 4. The Balaban J connectivity index is 1.31. The van der Waals surface area contributed by atoms with Crippen molar-refractivity contribution in [1.82, 2.24) is 0 Å². The van der Waals surface area contributed by atoms with E-state index in [0.717, 1.165) is 0 Å². The molecule has 0 radical (unpaired) electrons. The molecule has 0 saturated heterocycles. The van der Waals surface area contributed by atoms with Crippen LogP contribution in [0.3, 0.4) is 0 Å². The molecule has 4 aromatic carbocycles. The van der Waals surface area contributed by atoms with Gasteiger partial charge in [-0.2, -0.15) is 0 Å². The zero-order chi connectivity index (χ0) is 22.2. The van der Waals surface area contributed by atoms with E-state index < -0.39 is 0 Å². The molecule has 4 heteroatoms. The summed E-state index contributed by atoms with van der Waals surface area (Å²) in [5.41, 5.74) is 0. The summed E-state index contributed by atoms with van der Waals surface area (Å²) in [5, 5.41) is 8.08. The van der Waals surface area contributed by atoms with Gasteiger partial charge in [-0.15, -0.1) is 45.3 Å². The van der Waals surface area contributed by atoms with Crippen molar-refractivity contribution in [2.45, 2.75) is 0 Å². The first kappa shape index (κ1) is 19.3. The molecule has 34 heavy (non-hydrogen) atoms. The lowest BCUT2D eigenvalue weighted by atomic mass is 10.1. The van der Waals surface area contributed by atoms with Gasteiger partial charge in [0.05, 0.1) is 0 Å². The van der Waals surface area contributed by atoms with Gasteiger partial charge in [-0.25, -0.2) is 0 Å². The van der Waals surface area contributed by atoms with Crippen molar-refractivity contribution in [3.8, 4) is 19.5 Å². The number of rotatable bonds is 2. The Labute approximate surface area is 212 Å². The third-order valence-corrected chi connectivity index (χ3v) is 11.5. The Morgan fingerprint density at radius 3 is 1.24 bits per heavy atom. The smallest absolute Gasteiger partial charge is 0.0455 e. The van der Waals surface area contributed by atoms with Crippen LogP contribution in [0.2, 0.25) is 0 Å². The Hall–Kier alpha value is -3.02. The standard InChI is InChI=1S/C30H16S4/c1-3-7-23-17(5-1)13-25(31-23)27-15-19-9-11-22-21(29(19)33-27)12-10-20-16-28(34-30(20)22)26-14-18-6-2-4-8-24(18)32-26/h1-16H. The second-order valence-corrected chi connectivity index (χ2v) is 12.9. The van der Waals surface area contributed by atoms with Gasteiger partial charge in [0.1, 0.15) is 0 Å². The predicted octanol–water partition coefficient (Wildman–Crippen LogP) is 11.0. The molecule has 4 aromatic heterocycles. The first-order valence-electron chi connectivity index (χ1n) is 11.2. The molecule has 0 aliphatic heterocycles. The first-order valence-corrected chi connectivity index (χ1v) is 14.4. The van der Waals surface area contributed by atoms with Crippen LogP contribution in [0.25, 0.3) is 70.6 Å². The minimum absolute atomic E-state index is 1.33. The third kappa shape index (κ3) is 2.87. The van der Waals surface area contributed by atoms with Gasteiger partial charge in [0.2, 0.25) is 0 Å². The van der Waals surface area contributed by atoms with E-state index >= 15 is 0 Å². The molecule has 8 aromatic rings. The van der Waals surface area contributed by atoms with Crippen LogP contribution in [0.15, 0.2) is 97.1 Å². The molecule has 0 spiro atoms. The van der Waals surface area contributed by atoms with E-state index in [-0.39, 0.29) is 0 Å². The van der Waals surface area contributed by atoms with Crippen LogP contribution in [0, 0.1) is 0 Å². The summed E-state index contributed by atoms with van der Waals surface area (Å²) in [6.07, 6.45) is 0. The molecule has 0 N–H and O–H groups in total. The van der Waals surface area contributed by atoms with Crippen LogP contribution in [0.5, 0.6) is 0 Å². The minimum Gasteiger partial charge on any atom is -0.134 e. The SMILES string of the molecule is c1ccc2sc(-c3cc4ccc5c(ccc6cc(-c7cc8ccccc8s7)sc65)c4s3)cc2c1. The molecular formula is C30H16S4. The van der Waals surface area contributed by atoms with Crippen LogP contribution in [-0.4, -0.2) is 0 Å². The first-order chi connectivity index (χ1) is 16.8. The zero-order valence-electron chi connectivity index (χ0n) is 17.9. The summed E-state index contributed by atoms with van der Waals surface area (Å²) in [4.78, 5) is 5.45. The summed E-state index contributed by atoms with van der Waals surface area (Å²) in [6.45, 7) is 0. The number of benzene rings is 4. The third-order valence-electron chi connectivity index (χ3n) is 6.50. The predicted molar refractivity (Wildman–Crippen MR) is 156 cm³/mol. The van der Waals surface area contributed by atoms with Crippen molar-refractivity contribution in [3.63, 3.8) is 0 Å². The van der Waals surface area contributed by atoms with Gasteiger partial charge in [-0.1, -0.05) is 60.7 Å². The lowest BCUT2D eigenvalue weighted by Gasteiger charge is -2.00. The average Bonchev–Trinajstić information content (AvgIpc) is 3.65. The van der Waals surface area contributed by atoms with E-state index in [0.29, 0.717) is 0 Å². The maximum atomic E-state index is 2.37. The fourth-order valence-corrected chi connectivity index (χ4v) is 9.49. The molecule has 8 rings (SSSR count). The molecular weight excluding hydrogens is 489 g/mol. The van der Waals surface area contributed by atoms with Crippen molar-refractivity contribution in [2.24, 2.45) is 0 Å². The number of hydrogen-bond donors (Lipinski definition) is 0. The molecule has 0 bridgehead atoms. The van der Waals surface area contributed by atoms with E-state index in [2.05, 4.69) is 97.1 Å². The Morgan fingerprint density at radius 2 is 0.765 bits per heavy atom. The van der Waals surface area contributed by atoms with Gasteiger partial charge in [0.25, 0.3) is 0 Å². The van der Waals surface area contributed by atoms with Crippen LogP contribution in [0.1, 0.15) is 0 Å². The van der Waals surface area contributed by atoms with Crippen molar-refractivity contribution < 1.29 is 0 Å². The highest BCUT2D eigenvalue weighted by Crippen LogP contribution is 2.46. The number of fused-ring (bicyclic) bond motifs is 7. The highest BCUT2D eigenvalue weighted by atomic mass is 32.1. The zero-order valence-corrected chi connectivity index (χ0v) is 21.1. The molecule has 160 valence electrons. The highest BCUT2D eigenvalue weighted by Gasteiger charge is 2.14. The fraction of sp³-hybridized carbons (Fsp3) is 0. The molecule has 0 saturated carbocycles.